The van der Waals surface area contributed by atoms with Gasteiger partial charge in [-0.25, -0.2) is 9.78 Å². The first-order valence-electron chi connectivity index (χ1n) is 8.13. The van der Waals surface area contributed by atoms with Gasteiger partial charge in [0.25, 0.3) is 0 Å². The van der Waals surface area contributed by atoms with Crippen molar-refractivity contribution in [1.82, 2.24) is 9.88 Å². The molecule has 2 unspecified atom stereocenters. The molecule has 0 N–H and O–H groups in total. The monoisotopic (exact) mass is 358 g/mol. The summed E-state index contributed by atoms with van der Waals surface area (Å²) in [6, 6.07) is 1.81. The van der Waals surface area contributed by atoms with Crippen molar-refractivity contribution in [1.29, 1.82) is 0 Å². The summed E-state index contributed by atoms with van der Waals surface area (Å²) in [6.45, 7) is 6.74. The molecule has 1 aromatic heterocycles. The highest BCUT2D eigenvalue weighted by Crippen LogP contribution is 2.58. The molecule has 1 saturated heterocycles. The van der Waals surface area contributed by atoms with E-state index in [0.29, 0.717) is 19.0 Å². The third-order valence-electron chi connectivity index (χ3n) is 4.53. The number of alkyl halides is 3. The van der Waals surface area contributed by atoms with Crippen molar-refractivity contribution in [2.24, 2.45) is 11.3 Å². The highest BCUT2D eigenvalue weighted by Gasteiger charge is 2.62. The van der Waals surface area contributed by atoms with Gasteiger partial charge in [0.15, 0.2) is 0 Å². The smallest absolute Gasteiger partial charge is 0.416 e. The summed E-state index contributed by atoms with van der Waals surface area (Å²) in [5, 5.41) is 0. The molecular weight excluding hydrogens is 337 g/mol. The van der Waals surface area contributed by atoms with E-state index in [2.05, 4.69) is 4.98 Å². The van der Waals surface area contributed by atoms with Gasteiger partial charge in [-0.15, -0.1) is 0 Å². The Morgan fingerprint density at radius 1 is 1.40 bits per heavy atom. The topological polar surface area (TPSA) is 51.7 Å². The number of aromatic nitrogens is 1. The van der Waals surface area contributed by atoms with Crippen molar-refractivity contribution >= 4 is 6.09 Å². The van der Waals surface area contributed by atoms with E-state index in [1.54, 1.807) is 25.7 Å². The van der Waals surface area contributed by atoms with Crippen LogP contribution in [0.3, 0.4) is 0 Å². The van der Waals surface area contributed by atoms with Crippen LogP contribution in [0.15, 0.2) is 18.3 Å². The minimum Gasteiger partial charge on any atom is -0.477 e. The molecule has 25 heavy (non-hydrogen) atoms. The van der Waals surface area contributed by atoms with Gasteiger partial charge in [-0.05, 0) is 39.2 Å². The Balaban J connectivity index is 1.58. The van der Waals surface area contributed by atoms with Crippen molar-refractivity contribution in [2.45, 2.75) is 39.0 Å². The van der Waals surface area contributed by atoms with Crippen LogP contribution < -0.4 is 4.74 Å². The molecule has 1 amide bonds. The van der Waals surface area contributed by atoms with Crippen LogP contribution in [-0.4, -0.2) is 41.3 Å². The fourth-order valence-electron chi connectivity index (χ4n) is 3.16. The molecule has 2 atom stereocenters. The zero-order valence-electron chi connectivity index (χ0n) is 14.4. The minimum atomic E-state index is -4.43. The number of piperidine rings is 1. The molecule has 1 aliphatic carbocycles. The van der Waals surface area contributed by atoms with Crippen molar-refractivity contribution in [2.75, 3.05) is 19.7 Å². The standard InChI is InChI=1S/C17H21F3N2O3/c1-15(2,3)25-14(23)22-8-12-7-16(12,9-22)10-24-13-6-11(4-5-21-13)17(18,19)20/h4-6,12H,7-10H2,1-3H3. The van der Waals surface area contributed by atoms with Crippen LogP contribution in [0.2, 0.25) is 0 Å². The maximum atomic E-state index is 12.7. The Morgan fingerprint density at radius 3 is 2.76 bits per heavy atom. The number of halogens is 3. The van der Waals surface area contributed by atoms with E-state index in [4.69, 9.17) is 9.47 Å². The first-order valence-corrected chi connectivity index (χ1v) is 8.13. The van der Waals surface area contributed by atoms with Gasteiger partial charge in [0.2, 0.25) is 5.88 Å². The van der Waals surface area contributed by atoms with Crippen LogP contribution in [-0.2, 0) is 10.9 Å². The van der Waals surface area contributed by atoms with Crippen molar-refractivity contribution in [3.63, 3.8) is 0 Å². The third-order valence-corrected chi connectivity index (χ3v) is 4.53. The summed E-state index contributed by atoms with van der Waals surface area (Å²) >= 11 is 0. The zero-order chi connectivity index (χ0) is 18.5. The summed E-state index contributed by atoms with van der Waals surface area (Å²) in [5.41, 5.74) is -1.55. The molecule has 3 rings (SSSR count). The van der Waals surface area contributed by atoms with Crippen LogP contribution in [0.4, 0.5) is 18.0 Å². The van der Waals surface area contributed by atoms with Gasteiger partial charge < -0.3 is 14.4 Å². The van der Waals surface area contributed by atoms with E-state index in [9.17, 15) is 18.0 Å². The second kappa shape index (κ2) is 5.78. The summed E-state index contributed by atoms with van der Waals surface area (Å²) in [5.74, 6) is 0.247. The number of likely N-dealkylation sites (tertiary alicyclic amines) is 1. The van der Waals surface area contributed by atoms with Gasteiger partial charge in [-0.2, -0.15) is 13.2 Å². The number of fused-ring (bicyclic) bond motifs is 1. The molecule has 1 aromatic rings. The SMILES string of the molecule is CC(C)(C)OC(=O)N1CC2CC2(COc2cc(C(F)(F)F)ccn2)C1. The van der Waals surface area contributed by atoms with Gasteiger partial charge in [-0.1, -0.05) is 0 Å². The van der Waals surface area contributed by atoms with E-state index >= 15 is 0 Å². The van der Waals surface area contributed by atoms with Gasteiger partial charge in [0, 0.05) is 30.8 Å². The zero-order valence-corrected chi connectivity index (χ0v) is 14.4. The molecule has 2 aliphatic rings. The average molecular weight is 358 g/mol. The van der Waals surface area contributed by atoms with Gasteiger partial charge >= 0.3 is 12.3 Å². The van der Waals surface area contributed by atoms with Gasteiger partial charge in [0.05, 0.1) is 12.2 Å². The van der Waals surface area contributed by atoms with E-state index in [-0.39, 0.29) is 24.0 Å². The molecule has 0 spiro atoms. The van der Waals surface area contributed by atoms with E-state index in [0.717, 1.165) is 24.8 Å². The quantitative estimate of drug-likeness (QED) is 0.826. The molecule has 0 radical (unpaired) electrons. The Morgan fingerprint density at radius 2 is 2.12 bits per heavy atom. The lowest BCUT2D eigenvalue weighted by Crippen LogP contribution is -2.37. The largest absolute Gasteiger partial charge is 0.477 e. The molecule has 0 bridgehead atoms. The van der Waals surface area contributed by atoms with E-state index in [1.807, 2.05) is 0 Å². The number of hydrogen-bond acceptors (Lipinski definition) is 4. The fourth-order valence-corrected chi connectivity index (χ4v) is 3.16. The Kier molecular flexibility index (Phi) is 4.12. The molecule has 2 heterocycles. The van der Waals surface area contributed by atoms with Crippen molar-refractivity contribution < 1.29 is 27.4 Å². The normalized spacial score (nSPS) is 25.5. The summed E-state index contributed by atoms with van der Waals surface area (Å²) in [7, 11) is 0. The lowest BCUT2D eigenvalue weighted by Gasteiger charge is -2.26. The summed E-state index contributed by atoms with van der Waals surface area (Å²) in [6.07, 6.45) is -2.81. The first kappa shape index (κ1) is 17.8. The van der Waals surface area contributed by atoms with Crippen LogP contribution in [0.25, 0.3) is 0 Å². The highest BCUT2D eigenvalue weighted by molar-refractivity contribution is 5.69. The Labute approximate surface area is 144 Å². The van der Waals surface area contributed by atoms with Crippen LogP contribution in [0, 0.1) is 11.3 Å². The predicted octanol–water partition coefficient (Wildman–Crippen LogP) is 3.74. The minimum absolute atomic E-state index is 0.0504. The molecule has 0 aromatic carbocycles. The number of amides is 1. The third kappa shape index (κ3) is 3.99. The number of nitrogens with zero attached hydrogens (tertiary/aromatic N) is 2. The Hall–Kier alpha value is -1.99. The van der Waals surface area contributed by atoms with Gasteiger partial charge in [-0.3, -0.25) is 0 Å². The molecule has 8 heteroatoms. The second-order valence-electron chi connectivity index (χ2n) is 7.79. The number of carbonyl (C=O) groups excluding carboxylic acids is 1. The van der Waals surface area contributed by atoms with E-state index < -0.39 is 17.3 Å². The lowest BCUT2D eigenvalue weighted by atomic mass is 10.1. The highest BCUT2D eigenvalue weighted by atomic mass is 19.4. The van der Waals surface area contributed by atoms with Crippen LogP contribution >= 0.6 is 0 Å². The summed E-state index contributed by atoms with van der Waals surface area (Å²) in [4.78, 5) is 17.6. The molecule has 2 fully saturated rings. The number of ether oxygens (including phenoxy) is 2. The molecule has 138 valence electrons. The summed E-state index contributed by atoms with van der Waals surface area (Å²) < 4.78 is 49.0. The lowest BCUT2D eigenvalue weighted by molar-refractivity contribution is -0.137. The fraction of sp³-hybridized carbons (Fsp3) is 0.647. The van der Waals surface area contributed by atoms with Gasteiger partial charge in [0.1, 0.15) is 5.60 Å². The van der Waals surface area contributed by atoms with E-state index in [1.165, 1.54) is 0 Å². The predicted molar refractivity (Wildman–Crippen MR) is 83.1 cm³/mol. The first-order chi connectivity index (χ1) is 11.5. The Bertz CT molecular complexity index is 672. The average Bonchev–Trinajstić information content (AvgIpc) is 3.04. The number of pyridine rings is 1. The second-order valence-corrected chi connectivity index (χ2v) is 7.79. The number of rotatable bonds is 3. The van der Waals surface area contributed by atoms with Crippen LogP contribution in [0.5, 0.6) is 5.88 Å². The maximum absolute atomic E-state index is 12.7. The van der Waals surface area contributed by atoms with Crippen molar-refractivity contribution in [3.05, 3.63) is 23.9 Å². The molecule has 1 aliphatic heterocycles. The number of hydrogen-bond donors (Lipinski definition) is 0. The number of carbonyl (C=O) groups is 1. The molecular formula is C17H21F3N2O3. The molecule has 1 saturated carbocycles. The maximum Gasteiger partial charge on any atom is 0.416 e. The van der Waals surface area contributed by atoms with Crippen molar-refractivity contribution in [3.8, 4) is 5.88 Å². The van der Waals surface area contributed by atoms with Crippen LogP contribution in [0.1, 0.15) is 32.8 Å². The molecule has 5 nitrogen and oxygen atoms in total.